The second-order valence-corrected chi connectivity index (χ2v) is 6.90. The number of nitrogens with one attached hydrogen (secondary N) is 1. The first-order valence-electron chi connectivity index (χ1n) is 9.05. The quantitative estimate of drug-likeness (QED) is 0.802. The van der Waals surface area contributed by atoms with Crippen molar-refractivity contribution < 1.29 is 14.3 Å². The number of carbonyl (C=O) groups excluding carboxylic acids is 2. The summed E-state index contributed by atoms with van der Waals surface area (Å²) in [6.45, 7) is 4.12. The number of nitriles is 1. The highest BCUT2D eigenvalue weighted by Gasteiger charge is 2.28. The number of amides is 2. The number of para-hydroxylation sites is 1. The lowest BCUT2D eigenvalue weighted by Crippen LogP contribution is -2.50. The molecule has 2 rings (SSSR count). The van der Waals surface area contributed by atoms with Crippen molar-refractivity contribution in [3.63, 3.8) is 0 Å². The predicted molar refractivity (Wildman–Crippen MR) is 107 cm³/mol. The van der Waals surface area contributed by atoms with E-state index in [-0.39, 0.29) is 17.7 Å². The molecule has 0 radical (unpaired) electrons. The van der Waals surface area contributed by atoms with Crippen molar-refractivity contribution in [3.05, 3.63) is 65.2 Å². The van der Waals surface area contributed by atoms with Crippen LogP contribution in [-0.4, -0.2) is 36.9 Å². The maximum atomic E-state index is 13.0. The van der Waals surface area contributed by atoms with Crippen LogP contribution in [0.1, 0.15) is 35.3 Å². The van der Waals surface area contributed by atoms with Crippen LogP contribution in [0.2, 0.25) is 0 Å². The Kier molecular flexibility index (Phi) is 7.16. The molecule has 0 heterocycles. The Balaban J connectivity index is 2.14. The Morgan fingerprint density at radius 1 is 1.18 bits per heavy atom. The average Bonchev–Trinajstić information content (AvgIpc) is 2.71. The first-order valence-corrected chi connectivity index (χ1v) is 9.05. The fourth-order valence-corrected chi connectivity index (χ4v) is 2.89. The summed E-state index contributed by atoms with van der Waals surface area (Å²) < 4.78 is 5.23. The van der Waals surface area contributed by atoms with E-state index >= 15 is 0 Å². The van der Waals surface area contributed by atoms with Crippen LogP contribution in [-0.2, 0) is 11.3 Å². The first kappa shape index (κ1) is 21.0. The van der Waals surface area contributed by atoms with Gasteiger partial charge in [0, 0.05) is 13.6 Å². The van der Waals surface area contributed by atoms with E-state index in [2.05, 4.69) is 11.4 Å². The molecule has 0 aliphatic carbocycles. The normalized spacial score (nSPS) is 11.4. The number of hydrogen-bond acceptors (Lipinski definition) is 4. The number of carbonyl (C=O) groups is 2. The van der Waals surface area contributed by atoms with E-state index in [4.69, 9.17) is 10.00 Å². The predicted octanol–water partition coefficient (Wildman–Crippen LogP) is 2.98. The van der Waals surface area contributed by atoms with Gasteiger partial charge in [0.1, 0.15) is 11.8 Å². The van der Waals surface area contributed by atoms with E-state index in [0.717, 1.165) is 5.56 Å². The van der Waals surface area contributed by atoms with Gasteiger partial charge in [-0.3, -0.25) is 9.59 Å². The molecular formula is C22H25N3O3. The molecule has 0 spiro atoms. The van der Waals surface area contributed by atoms with Crippen LogP contribution < -0.4 is 10.1 Å². The molecule has 0 bridgehead atoms. The summed E-state index contributed by atoms with van der Waals surface area (Å²) in [6.07, 6.45) is 0. The third-order valence-corrected chi connectivity index (χ3v) is 4.42. The van der Waals surface area contributed by atoms with Gasteiger partial charge < -0.3 is 15.0 Å². The van der Waals surface area contributed by atoms with E-state index < -0.39 is 6.04 Å². The smallest absolute Gasteiger partial charge is 0.255 e. The Morgan fingerprint density at radius 3 is 2.54 bits per heavy atom. The molecule has 0 aliphatic heterocycles. The van der Waals surface area contributed by atoms with Crippen molar-refractivity contribution in [3.8, 4) is 11.8 Å². The Bertz CT molecular complexity index is 887. The van der Waals surface area contributed by atoms with Gasteiger partial charge in [-0.25, -0.2) is 0 Å². The molecule has 6 nitrogen and oxygen atoms in total. The molecule has 146 valence electrons. The fourth-order valence-electron chi connectivity index (χ4n) is 2.89. The van der Waals surface area contributed by atoms with Crippen LogP contribution in [0, 0.1) is 17.2 Å². The van der Waals surface area contributed by atoms with Crippen LogP contribution >= 0.6 is 0 Å². The van der Waals surface area contributed by atoms with Crippen molar-refractivity contribution in [1.29, 1.82) is 5.26 Å². The second kappa shape index (κ2) is 9.56. The molecule has 28 heavy (non-hydrogen) atoms. The lowest BCUT2D eigenvalue weighted by atomic mass is 10.0. The molecule has 0 saturated heterocycles. The highest BCUT2D eigenvalue weighted by Crippen LogP contribution is 2.18. The number of benzene rings is 2. The van der Waals surface area contributed by atoms with Crippen LogP contribution in [0.25, 0.3) is 0 Å². The van der Waals surface area contributed by atoms with Crippen LogP contribution in [0.5, 0.6) is 5.75 Å². The van der Waals surface area contributed by atoms with Crippen molar-refractivity contribution in [1.82, 2.24) is 10.2 Å². The van der Waals surface area contributed by atoms with Gasteiger partial charge in [-0.05, 0) is 35.7 Å². The maximum Gasteiger partial charge on any atom is 0.255 e. The lowest BCUT2D eigenvalue weighted by Gasteiger charge is -2.27. The summed E-state index contributed by atoms with van der Waals surface area (Å²) >= 11 is 0. The van der Waals surface area contributed by atoms with Crippen molar-refractivity contribution >= 4 is 11.8 Å². The molecule has 0 aromatic heterocycles. The number of nitrogens with zero attached hydrogens (tertiary/aromatic N) is 2. The Morgan fingerprint density at radius 2 is 1.89 bits per heavy atom. The zero-order valence-corrected chi connectivity index (χ0v) is 16.6. The number of likely N-dealkylation sites (N-methyl/N-ethyl adjacent to an activating group) is 1. The van der Waals surface area contributed by atoms with E-state index in [1.165, 1.54) is 7.11 Å². The largest absolute Gasteiger partial charge is 0.496 e. The number of ether oxygens (including phenoxy) is 1. The number of hydrogen-bond donors (Lipinski definition) is 1. The lowest BCUT2D eigenvalue weighted by molar-refractivity contribution is -0.133. The molecule has 1 N–H and O–H groups in total. The molecule has 0 aliphatic rings. The zero-order valence-electron chi connectivity index (χ0n) is 16.6. The average molecular weight is 379 g/mol. The standard InChI is InChI=1S/C22H25N3O3/c1-15(2)20(24-21(26)18-10-5-6-11-19(18)28-4)22(27)25(3)14-17-9-7-8-16(12-17)13-23/h5-12,15,20H,14H2,1-4H3,(H,24,26). The van der Waals surface area contributed by atoms with Crippen LogP contribution in [0.3, 0.4) is 0 Å². The SMILES string of the molecule is COc1ccccc1C(=O)NC(C(=O)N(C)Cc1cccc(C#N)c1)C(C)C. The van der Waals surface area contributed by atoms with E-state index in [1.54, 1.807) is 54.4 Å². The third-order valence-electron chi connectivity index (χ3n) is 4.42. The van der Waals surface area contributed by atoms with Gasteiger partial charge in [0.25, 0.3) is 5.91 Å². The molecule has 2 amide bonds. The summed E-state index contributed by atoms with van der Waals surface area (Å²) in [5.41, 5.74) is 1.78. The van der Waals surface area contributed by atoms with Gasteiger partial charge in [0.15, 0.2) is 0 Å². The number of rotatable bonds is 7. The monoisotopic (exact) mass is 379 g/mol. The highest BCUT2D eigenvalue weighted by molar-refractivity contribution is 5.99. The molecule has 2 aromatic carbocycles. The van der Waals surface area contributed by atoms with Gasteiger partial charge in [-0.2, -0.15) is 5.26 Å². The minimum atomic E-state index is -0.679. The van der Waals surface area contributed by atoms with Gasteiger partial charge in [0.05, 0.1) is 24.3 Å². The summed E-state index contributed by atoms with van der Waals surface area (Å²) in [7, 11) is 3.19. The van der Waals surface area contributed by atoms with Gasteiger partial charge in [-0.1, -0.05) is 38.1 Å². The fraction of sp³-hybridized carbons (Fsp3) is 0.318. The summed E-state index contributed by atoms with van der Waals surface area (Å²) in [5.74, 6) is -0.194. The maximum absolute atomic E-state index is 13.0. The van der Waals surface area contributed by atoms with Gasteiger partial charge in [0.2, 0.25) is 5.91 Å². The highest BCUT2D eigenvalue weighted by atomic mass is 16.5. The third kappa shape index (κ3) is 5.10. The number of methoxy groups -OCH3 is 1. The first-order chi connectivity index (χ1) is 13.4. The van der Waals surface area contributed by atoms with Crippen molar-refractivity contribution in [2.75, 3.05) is 14.2 Å². The molecule has 0 fully saturated rings. The van der Waals surface area contributed by atoms with Crippen molar-refractivity contribution in [2.45, 2.75) is 26.4 Å². The Labute approximate surface area is 165 Å². The second-order valence-electron chi connectivity index (χ2n) is 6.90. The van der Waals surface area contributed by atoms with Gasteiger partial charge >= 0.3 is 0 Å². The Hall–Kier alpha value is -3.33. The molecule has 6 heteroatoms. The molecule has 0 saturated carbocycles. The molecule has 1 atom stereocenters. The topological polar surface area (TPSA) is 82.4 Å². The summed E-state index contributed by atoms with van der Waals surface area (Å²) in [6, 6.07) is 15.4. The van der Waals surface area contributed by atoms with Gasteiger partial charge in [-0.15, -0.1) is 0 Å². The van der Waals surface area contributed by atoms with Crippen LogP contribution in [0.15, 0.2) is 48.5 Å². The minimum Gasteiger partial charge on any atom is -0.496 e. The molecule has 1 unspecified atom stereocenters. The van der Waals surface area contributed by atoms with Crippen LogP contribution in [0.4, 0.5) is 0 Å². The summed E-state index contributed by atoms with van der Waals surface area (Å²) in [4.78, 5) is 27.2. The molecule has 2 aromatic rings. The van der Waals surface area contributed by atoms with E-state index in [0.29, 0.717) is 23.4 Å². The van der Waals surface area contributed by atoms with Crippen molar-refractivity contribution in [2.24, 2.45) is 5.92 Å². The molecular weight excluding hydrogens is 354 g/mol. The zero-order chi connectivity index (χ0) is 20.7. The summed E-state index contributed by atoms with van der Waals surface area (Å²) in [5, 5.41) is 11.9. The minimum absolute atomic E-state index is 0.0981. The van der Waals surface area contributed by atoms with E-state index in [1.807, 2.05) is 19.9 Å². The van der Waals surface area contributed by atoms with E-state index in [9.17, 15) is 9.59 Å².